The first-order valence-corrected chi connectivity index (χ1v) is 14.6. The van der Waals surface area contributed by atoms with Gasteiger partial charge in [0.05, 0.1) is 11.9 Å². The van der Waals surface area contributed by atoms with Gasteiger partial charge < -0.3 is 10.2 Å². The highest BCUT2D eigenvalue weighted by Gasteiger charge is 2.31. The lowest BCUT2D eigenvalue weighted by molar-refractivity contribution is -0.139. The number of carbonyl (C=O) groups excluding carboxylic acids is 2. The summed E-state index contributed by atoms with van der Waals surface area (Å²) >= 11 is 3.46. The fourth-order valence-corrected chi connectivity index (χ4v) is 5.78. The predicted molar refractivity (Wildman–Crippen MR) is 143 cm³/mol. The van der Waals surface area contributed by atoms with Crippen LogP contribution in [0, 0.1) is 0 Å². The number of hydrogen-bond donors (Lipinski definition) is 1. The van der Waals surface area contributed by atoms with Gasteiger partial charge in [-0.1, -0.05) is 66.0 Å². The number of carbonyl (C=O) groups is 2. The summed E-state index contributed by atoms with van der Waals surface area (Å²) in [5.74, 6) is -0.657. The van der Waals surface area contributed by atoms with Crippen molar-refractivity contribution in [2.75, 3.05) is 17.1 Å². The molecule has 0 spiro atoms. The molecule has 1 atom stereocenters. The molecule has 1 unspecified atom stereocenters. The molecular weight excluding hydrogens is 530 g/mol. The molecule has 0 heterocycles. The van der Waals surface area contributed by atoms with Gasteiger partial charge in [-0.15, -0.1) is 0 Å². The van der Waals surface area contributed by atoms with Crippen LogP contribution in [0.1, 0.15) is 50.7 Å². The zero-order valence-electron chi connectivity index (χ0n) is 20.5. The SMILES string of the molecule is CCc1ccccc1N(CC(=O)N(Cc1cccc(Br)c1)C(C)C(=O)NC1CCCC1)S(C)(=O)=O. The average Bonchev–Trinajstić information content (AvgIpc) is 3.32. The van der Waals surface area contributed by atoms with E-state index < -0.39 is 22.0 Å². The molecule has 7 nitrogen and oxygen atoms in total. The number of benzene rings is 2. The number of anilines is 1. The Bertz CT molecular complexity index is 1150. The lowest BCUT2D eigenvalue weighted by Crippen LogP contribution is -2.52. The van der Waals surface area contributed by atoms with Crippen molar-refractivity contribution in [3.63, 3.8) is 0 Å². The van der Waals surface area contributed by atoms with Crippen molar-refractivity contribution < 1.29 is 18.0 Å². The van der Waals surface area contributed by atoms with Crippen molar-refractivity contribution in [3.05, 3.63) is 64.1 Å². The highest BCUT2D eigenvalue weighted by atomic mass is 79.9. The van der Waals surface area contributed by atoms with Crippen molar-refractivity contribution in [1.82, 2.24) is 10.2 Å². The Hall–Kier alpha value is -2.39. The van der Waals surface area contributed by atoms with E-state index in [4.69, 9.17) is 0 Å². The summed E-state index contributed by atoms with van der Waals surface area (Å²) in [5, 5.41) is 3.07. The van der Waals surface area contributed by atoms with Gasteiger partial charge in [-0.3, -0.25) is 13.9 Å². The van der Waals surface area contributed by atoms with Crippen LogP contribution in [0.3, 0.4) is 0 Å². The van der Waals surface area contributed by atoms with Crippen LogP contribution in [0.25, 0.3) is 0 Å². The Morgan fingerprint density at radius 2 is 1.80 bits per heavy atom. The molecular formula is C26H34BrN3O4S. The standard InChI is InChI=1S/C26H34BrN3O4S/c1-4-21-11-5-8-15-24(21)30(35(3,33)34)18-25(31)29(17-20-10-9-12-22(27)16-20)19(2)26(32)28-23-13-6-7-14-23/h5,8-12,15-16,19,23H,4,6-7,13-14,17-18H2,1-3H3,(H,28,32). The minimum atomic E-state index is -3.75. The lowest BCUT2D eigenvalue weighted by Gasteiger charge is -2.32. The summed E-state index contributed by atoms with van der Waals surface area (Å²) in [5.41, 5.74) is 2.15. The maximum atomic E-state index is 13.7. The van der Waals surface area contributed by atoms with Crippen molar-refractivity contribution >= 4 is 43.5 Å². The monoisotopic (exact) mass is 563 g/mol. The molecule has 0 bridgehead atoms. The van der Waals surface area contributed by atoms with Gasteiger partial charge in [0.2, 0.25) is 21.8 Å². The van der Waals surface area contributed by atoms with Crippen LogP contribution >= 0.6 is 15.9 Å². The first-order chi connectivity index (χ1) is 16.6. The molecule has 1 aliphatic rings. The molecule has 0 aromatic heterocycles. The third-order valence-electron chi connectivity index (χ3n) is 6.43. The summed E-state index contributed by atoms with van der Waals surface area (Å²) in [4.78, 5) is 28.3. The van der Waals surface area contributed by atoms with Crippen LogP contribution in [-0.4, -0.2) is 50.0 Å². The highest BCUT2D eigenvalue weighted by molar-refractivity contribution is 9.10. The number of halogens is 1. The van der Waals surface area contributed by atoms with Crippen molar-refractivity contribution in [1.29, 1.82) is 0 Å². The van der Waals surface area contributed by atoms with E-state index in [-0.39, 0.29) is 25.0 Å². The molecule has 9 heteroatoms. The maximum absolute atomic E-state index is 13.7. The van der Waals surface area contributed by atoms with E-state index in [2.05, 4.69) is 21.2 Å². The zero-order chi connectivity index (χ0) is 25.6. The molecule has 35 heavy (non-hydrogen) atoms. The van der Waals surface area contributed by atoms with Gasteiger partial charge in [0.1, 0.15) is 12.6 Å². The number of rotatable bonds is 10. The summed E-state index contributed by atoms with van der Waals surface area (Å²) in [6, 6.07) is 14.1. The number of aryl methyl sites for hydroxylation is 1. The minimum absolute atomic E-state index is 0.122. The van der Waals surface area contributed by atoms with Gasteiger partial charge in [-0.25, -0.2) is 8.42 Å². The second-order valence-electron chi connectivity index (χ2n) is 9.07. The predicted octanol–water partition coefficient (Wildman–Crippen LogP) is 4.25. The van der Waals surface area contributed by atoms with Gasteiger partial charge in [0, 0.05) is 17.1 Å². The fourth-order valence-electron chi connectivity index (χ4n) is 4.45. The molecule has 1 fully saturated rings. The van der Waals surface area contributed by atoms with Crippen molar-refractivity contribution in [2.24, 2.45) is 0 Å². The highest BCUT2D eigenvalue weighted by Crippen LogP contribution is 2.25. The Morgan fingerprint density at radius 3 is 2.43 bits per heavy atom. The van der Waals surface area contributed by atoms with Gasteiger partial charge in [0.15, 0.2) is 0 Å². The quantitative estimate of drug-likeness (QED) is 0.468. The summed E-state index contributed by atoms with van der Waals surface area (Å²) in [7, 11) is -3.75. The van der Waals surface area contributed by atoms with E-state index in [9.17, 15) is 18.0 Å². The Labute approximate surface area is 217 Å². The molecule has 2 aromatic carbocycles. The van der Waals surface area contributed by atoms with E-state index in [0.717, 1.165) is 51.8 Å². The van der Waals surface area contributed by atoms with E-state index >= 15 is 0 Å². The second kappa shape index (κ2) is 12.0. The average molecular weight is 565 g/mol. The van der Waals surface area contributed by atoms with E-state index in [1.807, 2.05) is 43.3 Å². The van der Waals surface area contributed by atoms with Gasteiger partial charge in [-0.05, 0) is 55.5 Å². The van der Waals surface area contributed by atoms with Crippen molar-refractivity contribution in [2.45, 2.75) is 64.6 Å². The lowest BCUT2D eigenvalue weighted by atomic mass is 10.1. The smallest absolute Gasteiger partial charge is 0.244 e. The van der Waals surface area contributed by atoms with Crippen LogP contribution < -0.4 is 9.62 Å². The van der Waals surface area contributed by atoms with Crippen LogP contribution in [0.5, 0.6) is 0 Å². The number of hydrogen-bond acceptors (Lipinski definition) is 4. The van der Waals surface area contributed by atoms with E-state index in [1.54, 1.807) is 19.1 Å². The summed E-state index contributed by atoms with van der Waals surface area (Å²) < 4.78 is 27.5. The third-order valence-corrected chi connectivity index (χ3v) is 8.05. The Kier molecular flexibility index (Phi) is 9.35. The van der Waals surface area contributed by atoms with Gasteiger partial charge in [-0.2, -0.15) is 0 Å². The number of amides is 2. The van der Waals surface area contributed by atoms with Crippen LogP contribution in [-0.2, 0) is 32.6 Å². The molecule has 2 aromatic rings. The number of sulfonamides is 1. The first-order valence-electron chi connectivity index (χ1n) is 12.0. The fraction of sp³-hybridized carbons (Fsp3) is 0.462. The van der Waals surface area contributed by atoms with Crippen LogP contribution in [0.2, 0.25) is 0 Å². The number of nitrogens with zero attached hydrogens (tertiary/aromatic N) is 2. The minimum Gasteiger partial charge on any atom is -0.352 e. The Balaban J connectivity index is 1.90. The number of para-hydroxylation sites is 1. The van der Waals surface area contributed by atoms with Crippen LogP contribution in [0.4, 0.5) is 5.69 Å². The molecule has 190 valence electrons. The summed E-state index contributed by atoms with van der Waals surface area (Å²) in [6.07, 6.45) is 5.77. The Morgan fingerprint density at radius 1 is 1.11 bits per heavy atom. The molecule has 1 aliphatic carbocycles. The number of nitrogens with one attached hydrogen (secondary N) is 1. The molecule has 3 rings (SSSR count). The first kappa shape index (κ1) is 27.2. The molecule has 2 amide bonds. The van der Waals surface area contributed by atoms with E-state index in [0.29, 0.717) is 12.1 Å². The van der Waals surface area contributed by atoms with Crippen molar-refractivity contribution in [3.8, 4) is 0 Å². The van der Waals surface area contributed by atoms with Gasteiger partial charge >= 0.3 is 0 Å². The second-order valence-corrected chi connectivity index (χ2v) is 11.9. The molecule has 0 aliphatic heterocycles. The molecule has 1 saturated carbocycles. The third kappa shape index (κ3) is 7.30. The maximum Gasteiger partial charge on any atom is 0.244 e. The normalized spacial score (nSPS) is 15.0. The molecule has 1 N–H and O–H groups in total. The van der Waals surface area contributed by atoms with E-state index in [1.165, 1.54) is 4.90 Å². The van der Waals surface area contributed by atoms with Crippen LogP contribution in [0.15, 0.2) is 53.0 Å². The topological polar surface area (TPSA) is 86.8 Å². The largest absolute Gasteiger partial charge is 0.352 e. The summed E-state index contributed by atoms with van der Waals surface area (Å²) in [6.45, 7) is 3.44. The molecule has 0 radical (unpaired) electrons. The van der Waals surface area contributed by atoms with Gasteiger partial charge in [0.25, 0.3) is 0 Å². The zero-order valence-corrected chi connectivity index (χ0v) is 22.9. The molecule has 0 saturated heterocycles.